The number of hydrogen-bond acceptors (Lipinski definition) is 6. The second-order valence-electron chi connectivity index (χ2n) is 5.63. The number of carbonyl (C=O) groups excluding carboxylic acids is 1. The van der Waals surface area contributed by atoms with E-state index in [1.807, 2.05) is 30.5 Å². The van der Waals surface area contributed by atoms with Crippen LogP contribution in [0.15, 0.2) is 48.0 Å². The van der Waals surface area contributed by atoms with Crippen molar-refractivity contribution in [2.24, 2.45) is 0 Å². The first kappa shape index (κ1) is 16.7. The van der Waals surface area contributed by atoms with Gasteiger partial charge in [-0.3, -0.25) is 15.1 Å². The van der Waals surface area contributed by atoms with E-state index in [1.54, 1.807) is 36.8 Å². The SMILES string of the molecule is COc1ccc(-c2cccs2)c2sc(NC(=O)c3ccnc(C)c3)nc12. The van der Waals surface area contributed by atoms with Gasteiger partial charge in [-0.1, -0.05) is 17.4 Å². The maximum Gasteiger partial charge on any atom is 0.257 e. The lowest BCUT2D eigenvalue weighted by molar-refractivity contribution is 0.102. The summed E-state index contributed by atoms with van der Waals surface area (Å²) in [5.74, 6) is 0.489. The van der Waals surface area contributed by atoms with E-state index >= 15 is 0 Å². The van der Waals surface area contributed by atoms with E-state index in [2.05, 4.69) is 21.4 Å². The van der Waals surface area contributed by atoms with Crippen LogP contribution in [-0.4, -0.2) is 23.0 Å². The van der Waals surface area contributed by atoms with Crippen LogP contribution in [-0.2, 0) is 0 Å². The third-order valence-corrected chi connectivity index (χ3v) is 5.80. The van der Waals surface area contributed by atoms with E-state index in [4.69, 9.17) is 4.74 Å². The third kappa shape index (κ3) is 3.07. The van der Waals surface area contributed by atoms with E-state index in [-0.39, 0.29) is 5.91 Å². The lowest BCUT2D eigenvalue weighted by atomic mass is 10.1. The van der Waals surface area contributed by atoms with Gasteiger partial charge in [-0.15, -0.1) is 11.3 Å². The van der Waals surface area contributed by atoms with Crippen LogP contribution in [0.25, 0.3) is 20.7 Å². The second-order valence-corrected chi connectivity index (χ2v) is 7.58. The van der Waals surface area contributed by atoms with Gasteiger partial charge in [0.2, 0.25) is 0 Å². The van der Waals surface area contributed by atoms with E-state index in [0.29, 0.717) is 16.4 Å². The minimum atomic E-state index is -0.203. The standard InChI is InChI=1S/C19H15N3O2S2/c1-11-10-12(7-8-20-11)18(23)22-19-21-16-14(24-2)6-5-13(17(16)26-19)15-4-3-9-25-15/h3-10H,1-2H3,(H,21,22,23). The molecule has 0 radical (unpaired) electrons. The highest BCUT2D eigenvalue weighted by atomic mass is 32.1. The number of thiazole rings is 1. The number of pyridine rings is 1. The molecule has 0 bridgehead atoms. The first-order chi connectivity index (χ1) is 12.7. The number of amides is 1. The molecule has 3 heterocycles. The van der Waals surface area contributed by atoms with E-state index < -0.39 is 0 Å². The number of nitrogens with one attached hydrogen (secondary N) is 1. The summed E-state index contributed by atoms with van der Waals surface area (Å²) < 4.78 is 6.44. The lowest BCUT2D eigenvalue weighted by Crippen LogP contribution is -2.11. The Morgan fingerprint density at radius 2 is 2.12 bits per heavy atom. The normalized spacial score (nSPS) is 10.8. The molecule has 1 amide bonds. The van der Waals surface area contributed by atoms with Crippen LogP contribution < -0.4 is 10.1 Å². The minimum Gasteiger partial charge on any atom is -0.494 e. The molecular formula is C19H15N3O2S2. The summed E-state index contributed by atoms with van der Waals surface area (Å²) in [7, 11) is 1.62. The summed E-state index contributed by atoms with van der Waals surface area (Å²) in [6, 6.07) is 11.5. The van der Waals surface area contributed by atoms with Crippen LogP contribution in [0.4, 0.5) is 5.13 Å². The maximum atomic E-state index is 12.5. The predicted octanol–water partition coefficient (Wildman–Crippen LogP) is 4.99. The summed E-state index contributed by atoms with van der Waals surface area (Å²) in [6.45, 7) is 1.85. The molecule has 5 nitrogen and oxygen atoms in total. The summed E-state index contributed by atoms with van der Waals surface area (Å²) in [6.07, 6.45) is 1.63. The molecule has 26 heavy (non-hydrogen) atoms. The number of fused-ring (bicyclic) bond motifs is 1. The van der Waals surface area contributed by atoms with Crippen molar-refractivity contribution in [1.29, 1.82) is 0 Å². The highest BCUT2D eigenvalue weighted by Gasteiger charge is 2.16. The maximum absolute atomic E-state index is 12.5. The fourth-order valence-electron chi connectivity index (χ4n) is 2.68. The molecule has 0 saturated carbocycles. The van der Waals surface area contributed by atoms with Gasteiger partial charge in [-0.25, -0.2) is 4.98 Å². The van der Waals surface area contributed by atoms with Crippen molar-refractivity contribution >= 4 is 43.9 Å². The Kier molecular flexibility index (Phi) is 4.40. The molecule has 1 N–H and O–H groups in total. The first-order valence-corrected chi connectivity index (χ1v) is 9.61. The van der Waals surface area contributed by atoms with Crippen molar-refractivity contribution in [3.63, 3.8) is 0 Å². The molecule has 3 aromatic heterocycles. The average Bonchev–Trinajstić information content (AvgIpc) is 3.30. The molecule has 0 aliphatic heterocycles. The quantitative estimate of drug-likeness (QED) is 0.541. The molecule has 4 aromatic rings. The summed E-state index contributed by atoms with van der Waals surface area (Å²) in [5, 5.41) is 5.47. The number of ether oxygens (including phenoxy) is 1. The van der Waals surface area contributed by atoms with Crippen molar-refractivity contribution in [2.75, 3.05) is 12.4 Å². The second kappa shape index (κ2) is 6.86. The zero-order valence-electron chi connectivity index (χ0n) is 14.1. The highest BCUT2D eigenvalue weighted by molar-refractivity contribution is 7.23. The van der Waals surface area contributed by atoms with Crippen LogP contribution in [0, 0.1) is 6.92 Å². The molecule has 0 unspecified atom stereocenters. The Balaban J connectivity index is 1.75. The third-order valence-electron chi connectivity index (χ3n) is 3.89. The molecule has 0 aliphatic carbocycles. The minimum absolute atomic E-state index is 0.203. The number of benzene rings is 1. The molecule has 130 valence electrons. The molecule has 1 aromatic carbocycles. The van der Waals surface area contributed by atoms with Crippen LogP contribution in [0.1, 0.15) is 16.1 Å². The number of nitrogens with zero attached hydrogens (tertiary/aromatic N) is 2. The van der Waals surface area contributed by atoms with Crippen LogP contribution in [0.5, 0.6) is 5.75 Å². The summed E-state index contributed by atoms with van der Waals surface area (Å²) in [4.78, 5) is 22.4. The smallest absolute Gasteiger partial charge is 0.257 e. The van der Waals surface area contributed by atoms with Gasteiger partial charge in [0.15, 0.2) is 5.13 Å². The monoisotopic (exact) mass is 381 g/mol. The van der Waals surface area contributed by atoms with Crippen molar-refractivity contribution in [3.8, 4) is 16.2 Å². The number of hydrogen-bond donors (Lipinski definition) is 1. The van der Waals surface area contributed by atoms with Crippen LogP contribution in [0.3, 0.4) is 0 Å². The number of carbonyl (C=O) groups is 1. The average molecular weight is 381 g/mol. The van der Waals surface area contributed by atoms with Gasteiger partial charge in [0.25, 0.3) is 5.91 Å². The number of anilines is 1. The van der Waals surface area contributed by atoms with E-state index in [1.165, 1.54) is 11.3 Å². The lowest BCUT2D eigenvalue weighted by Gasteiger charge is -2.03. The van der Waals surface area contributed by atoms with E-state index in [0.717, 1.165) is 26.4 Å². The summed E-state index contributed by atoms with van der Waals surface area (Å²) >= 11 is 3.12. The predicted molar refractivity (Wildman–Crippen MR) is 106 cm³/mol. The molecule has 7 heteroatoms. The zero-order chi connectivity index (χ0) is 18.1. The Morgan fingerprint density at radius 3 is 2.85 bits per heavy atom. The molecule has 0 saturated heterocycles. The number of methoxy groups -OCH3 is 1. The number of aryl methyl sites for hydroxylation is 1. The topological polar surface area (TPSA) is 64.1 Å². The van der Waals surface area contributed by atoms with E-state index in [9.17, 15) is 4.79 Å². The van der Waals surface area contributed by atoms with Crippen molar-refractivity contribution in [1.82, 2.24) is 9.97 Å². The molecule has 4 rings (SSSR count). The first-order valence-electron chi connectivity index (χ1n) is 7.91. The summed E-state index contributed by atoms with van der Waals surface area (Å²) in [5.41, 5.74) is 3.20. The van der Waals surface area contributed by atoms with Gasteiger partial charge in [-0.05, 0) is 42.6 Å². The van der Waals surface area contributed by atoms with Gasteiger partial charge in [0.05, 0.1) is 11.8 Å². The highest BCUT2D eigenvalue weighted by Crippen LogP contribution is 2.41. The molecular weight excluding hydrogens is 366 g/mol. The van der Waals surface area contributed by atoms with Gasteiger partial charge in [-0.2, -0.15) is 0 Å². The van der Waals surface area contributed by atoms with Crippen LogP contribution in [0.2, 0.25) is 0 Å². The Hall–Kier alpha value is -2.77. The fourth-order valence-corrected chi connectivity index (χ4v) is 4.51. The molecule has 0 atom stereocenters. The number of rotatable bonds is 4. The molecule has 0 aliphatic rings. The number of aromatic nitrogens is 2. The fraction of sp³-hybridized carbons (Fsp3) is 0.105. The Morgan fingerprint density at radius 1 is 1.23 bits per heavy atom. The van der Waals surface area contributed by atoms with Gasteiger partial charge in [0, 0.05) is 27.9 Å². The zero-order valence-corrected chi connectivity index (χ0v) is 15.8. The Labute approximate surface area is 158 Å². The largest absolute Gasteiger partial charge is 0.494 e. The Bertz CT molecular complexity index is 1090. The van der Waals surface area contributed by atoms with Crippen molar-refractivity contribution in [2.45, 2.75) is 6.92 Å². The van der Waals surface area contributed by atoms with Crippen LogP contribution >= 0.6 is 22.7 Å². The van der Waals surface area contributed by atoms with Gasteiger partial charge < -0.3 is 4.74 Å². The number of thiophene rings is 1. The molecule has 0 fully saturated rings. The van der Waals surface area contributed by atoms with Gasteiger partial charge >= 0.3 is 0 Å². The van der Waals surface area contributed by atoms with Crippen molar-refractivity contribution < 1.29 is 9.53 Å². The molecule has 0 spiro atoms. The van der Waals surface area contributed by atoms with Crippen molar-refractivity contribution in [3.05, 3.63) is 59.2 Å². The van der Waals surface area contributed by atoms with Gasteiger partial charge in [0.1, 0.15) is 11.3 Å².